The Kier molecular flexibility index (Phi) is 7.14. The van der Waals surface area contributed by atoms with Gasteiger partial charge in [-0.25, -0.2) is 0 Å². The number of carbonyl (C=O) groups excluding carboxylic acids is 1. The van der Waals surface area contributed by atoms with E-state index in [1.807, 2.05) is 6.08 Å². The first-order valence-corrected chi connectivity index (χ1v) is 6.84. The minimum atomic E-state index is -0.596. The van der Waals surface area contributed by atoms with E-state index in [1.54, 1.807) is 13.8 Å². The SMILES string of the molecule is Cc1[c-]oc(=O)c(C(=O)/C=C/C2CCCCC2)c1C.[La]. The molecule has 1 heterocycles. The maximum absolute atomic E-state index is 12.1. The van der Waals surface area contributed by atoms with E-state index < -0.39 is 5.63 Å². The summed E-state index contributed by atoms with van der Waals surface area (Å²) in [6, 6.07) is 0. The van der Waals surface area contributed by atoms with Gasteiger partial charge in [-0.05, 0) is 30.4 Å². The fraction of sp³-hybridized carbons (Fsp3) is 0.500. The van der Waals surface area contributed by atoms with Crippen molar-refractivity contribution >= 4 is 5.78 Å². The summed E-state index contributed by atoms with van der Waals surface area (Å²) in [4.78, 5) is 23.8. The first-order chi connectivity index (χ1) is 9.09. The van der Waals surface area contributed by atoms with Crippen LogP contribution in [0, 0.1) is 61.6 Å². The summed E-state index contributed by atoms with van der Waals surface area (Å²) in [7, 11) is 0. The third-order valence-electron chi connectivity index (χ3n) is 3.85. The van der Waals surface area contributed by atoms with Gasteiger partial charge in [0.15, 0.2) is 5.78 Å². The summed E-state index contributed by atoms with van der Waals surface area (Å²) >= 11 is 0. The van der Waals surface area contributed by atoms with Crippen molar-refractivity contribution in [2.45, 2.75) is 46.0 Å². The van der Waals surface area contributed by atoms with E-state index in [1.165, 1.54) is 25.3 Å². The van der Waals surface area contributed by atoms with Gasteiger partial charge in [0.05, 0.1) is 0 Å². The van der Waals surface area contributed by atoms with Crippen LogP contribution < -0.4 is 5.63 Å². The van der Waals surface area contributed by atoms with E-state index >= 15 is 0 Å². The second-order valence-corrected chi connectivity index (χ2v) is 5.24. The van der Waals surface area contributed by atoms with Gasteiger partial charge in [-0.15, -0.1) is 11.1 Å². The smallest absolute Gasteiger partial charge is 0.228 e. The van der Waals surface area contributed by atoms with Gasteiger partial charge < -0.3 is 9.21 Å². The van der Waals surface area contributed by atoms with Crippen LogP contribution in [0.5, 0.6) is 0 Å². The molecule has 1 radical (unpaired) electrons. The minimum absolute atomic E-state index is 0. The topological polar surface area (TPSA) is 47.3 Å². The van der Waals surface area contributed by atoms with Gasteiger partial charge in [-0.1, -0.05) is 39.2 Å². The zero-order valence-electron chi connectivity index (χ0n) is 12.1. The maximum atomic E-state index is 12.1. The second kappa shape index (κ2) is 8.11. The molecule has 0 unspecified atom stereocenters. The van der Waals surface area contributed by atoms with Gasteiger partial charge in [0.2, 0.25) is 5.63 Å². The van der Waals surface area contributed by atoms with E-state index in [-0.39, 0.29) is 46.9 Å². The van der Waals surface area contributed by atoms with Crippen LogP contribution in [-0.4, -0.2) is 5.78 Å². The van der Waals surface area contributed by atoms with Gasteiger partial charge in [-0.2, -0.15) is 0 Å². The van der Waals surface area contributed by atoms with Gasteiger partial charge in [0, 0.05) is 41.9 Å². The van der Waals surface area contributed by atoms with Crippen molar-refractivity contribution < 1.29 is 44.8 Å². The van der Waals surface area contributed by atoms with Crippen molar-refractivity contribution in [1.29, 1.82) is 0 Å². The normalized spacial score (nSPS) is 16.1. The first-order valence-electron chi connectivity index (χ1n) is 6.84. The van der Waals surface area contributed by atoms with E-state index in [0.29, 0.717) is 17.0 Å². The molecule has 3 nitrogen and oxygen atoms in total. The molecular weight excluding hydrogens is 379 g/mol. The van der Waals surface area contributed by atoms with Crippen LogP contribution in [0.25, 0.3) is 0 Å². The van der Waals surface area contributed by atoms with Crippen LogP contribution in [0.4, 0.5) is 0 Å². The molecule has 20 heavy (non-hydrogen) atoms. The molecule has 0 aromatic carbocycles. The maximum Gasteiger partial charge on any atom is 0.228 e. The molecule has 1 aromatic heterocycles. The number of hydrogen-bond acceptors (Lipinski definition) is 3. The van der Waals surface area contributed by atoms with Crippen molar-refractivity contribution in [3.8, 4) is 0 Å². The Morgan fingerprint density at radius 1 is 1.25 bits per heavy atom. The number of rotatable bonds is 3. The monoisotopic (exact) mass is 398 g/mol. The van der Waals surface area contributed by atoms with Gasteiger partial charge in [-0.3, -0.25) is 4.79 Å². The first kappa shape index (κ1) is 17.6. The van der Waals surface area contributed by atoms with E-state index in [2.05, 4.69) is 6.26 Å². The number of hydrogen-bond donors (Lipinski definition) is 0. The quantitative estimate of drug-likeness (QED) is 0.446. The molecule has 2 rings (SSSR count). The van der Waals surface area contributed by atoms with Crippen LogP contribution in [0.15, 0.2) is 21.4 Å². The summed E-state index contributed by atoms with van der Waals surface area (Å²) in [5.74, 6) is 0.218. The zero-order chi connectivity index (χ0) is 13.8. The molecule has 0 saturated heterocycles. The predicted octanol–water partition coefficient (Wildman–Crippen LogP) is 3.38. The van der Waals surface area contributed by atoms with Gasteiger partial charge in [0.1, 0.15) is 0 Å². The molecule has 0 bridgehead atoms. The molecule has 105 valence electrons. The van der Waals surface area contributed by atoms with Crippen LogP contribution in [0.2, 0.25) is 0 Å². The molecular formula is C16H19LaO3-. The van der Waals surface area contributed by atoms with Crippen LogP contribution in [-0.2, 0) is 0 Å². The van der Waals surface area contributed by atoms with Crippen molar-refractivity contribution in [2.75, 3.05) is 0 Å². The molecule has 1 aliphatic carbocycles. The second-order valence-electron chi connectivity index (χ2n) is 5.24. The molecule has 0 N–H and O–H groups in total. The molecule has 1 saturated carbocycles. The van der Waals surface area contributed by atoms with E-state index in [9.17, 15) is 9.59 Å². The van der Waals surface area contributed by atoms with E-state index in [4.69, 9.17) is 4.42 Å². The van der Waals surface area contributed by atoms with Crippen LogP contribution in [0.1, 0.15) is 53.6 Å². The number of ketones is 1. The van der Waals surface area contributed by atoms with Crippen LogP contribution >= 0.6 is 0 Å². The number of aryl methyl sites for hydroxylation is 1. The summed E-state index contributed by atoms with van der Waals surface area (Å²) < 4.78 is 4.75. The zero-order valence-corrected chi connectivity index (χ0v) is 15.7. The summed E-state index contributed by atoms with van der Waals surface area (Å²) in [5, 5.41) is 0. The third kappa shape index (κ3) is 4.27. The number of carbonyl (C=O) groups is 1. The average molecular weight is 398 g/mol. The van der Waals surface area contributed by atoms with Crippen molar-refractivity contribution in [3.63, 3.8) is 0 Å². The molecule has 0 amide bonds. The Hall–Kier alpha value is -0.445. The fourth-order valence-corrected chi connectivity index (χ4v) is 2.51. The van der Waals surface area contributed by atoms with Crippen molar-refractivity contribution in [2.24, 2.45) is 5.92 Å². The number of allylic oxidation sites excluding steroid dienone is 2. The molecule has 4 heteroatoms. The Labute approximate surface area is 147 Å². The fourth-order valence-electron chi connectivity index (χ4n) is 2.51. The summed E-state index contributed by atoms with van der Waals surface area (Å²) in [5.41, 5.74) is 0.910. The summed E-state index contributed by atoms with van der Waals surface area (Å²) in [6.45, 7) is 3.53. The Balaban J connectivity index is 0.00000200. The Bertz CT molecular complexity index is 551. The van der Waals surface area contributed by atoms with Gasteiger partial charge >= 0.3 is 0 Å². The third-order valence-corrected chi connectivity index (χ3v) is 3.85. The van der Waals surface area contributed by atoms with E-state index in [0.717, 1.165) is 12.8 Å². The summed E-state index contributed by atoms with van der Waals surface area (Å²) in [6.07, 6.45) is 12.0. The largest absolute Gasteiger partial charge is 0.552 e. The van der Waals surface area contributed by atoms with Crippen molar-refractivity contribution in [1.82, 2.24) is 0 Å². The van der Waals surface area contributed by atoms with Crippen LogP contribution in [0.3, 0.4) is 0 Å². The average Bonchev–Trinajstić information content (AvgIpc) is 2.42. The minimum Gasteiger partial charge on any atom is -0.552 e. The molecule has 1 aliphatic rings. The Morgan fingerprint density at radius 3 is 2.55 bits per heavy atom. The molecule has 0 spiro atoms. The molecule has 0 atom stereocenters. The Morgan fingerprint density at radius 2 is 1.90 bits per heavy atom. The standard InChI is InChI=1S/C16H19O3.La/c1-11-10-19-16(18)15(12(11)2)14(17)9-8-13-6-4-3-5-7-13;/h8-9,13H,3-7H2,1-2H3;/q-1;/b9-8+;. The molecule has 1 fully saturated rings. The predicted molar refractivity (Wildman–Crippen MR) is 73.3 cm³/mol. The molecule has 1 aromatic rings. The van der Waals surface area contributed by atoms with Gasteiger partial charge in [0.25, 0.3) is 0 Å². The molecule has 0 aliphatic heterocycles. The van der Waals surface area contributed by atoms with Crippen molar-refractivity contribution in [3.05, 3.63) is 45.5 Å².